The summed E-state index contributed by atoms with van der Waals surface area (Å²) in [6.45, 7) is 3.72. The molecule has 6 heteroatoms. The smallest absolute Gasteiger partial charge is 0.331 e. The minimum Gasteiger partial charge on any atom is -0.478 e. The van der Waals surface area contributed by atoms with E-state index in [0.717, 1.165) is 28.0 Å². The minimum absolute atomic E-state index is 0.362. The number of hydrogen-bond donors (Lipinski definition) is 1. The first kappa shape index (κ1) is 15.0. The molecule has 3 heterocycles. The van der Waals surface area contributed by atoms with Gasteiger partial charge in [-0.2, -0.15) is 5.10 Å². The van der Waals surface area contributed by atoms with Crippen molar-refractivity contribution in [2.45, 2.75) is 20.3 Å². The molecular formula is C17H18N4O2. The summed E-state index contributed by atoms with van der Waals surface area (Å²) in [5.74, 6) is -0.0563. The molecule has 0 bridgehead atoms. The van der Waals surface area contributed by atoms with Gasteiger partial charge in [0.05, 0.1) is 11.2 Å². The lowest BCUT2D eigenvalue weighted by molar-refractivity contribution is -0.132. The number of aryl methyl sites for hydroxylation is 2. The summed E-state index contributed by atoms with van der Waals surface area (Å²) in [4.78, 5) is 15.5. The zero-order chi connectivity index (χ0) is 16.6. The van der Waals surface area contributed by atoms with Gasteiger partial charge in [0, 0.05) is 42.2 Å². The van der Waals surface area contributed by atoms with Gasteiger partial charge in [0.15, 0.2) is 0 Å². The third kappa shape index (κ3) is 2.52. The van der Waals surface area contributed by atoms with Crippen LogP contribution in [0.15, 0.2) is 36.3 Å². The van der Waals surface area contributed by atoms with E-state index >= 15 is 0 Å². The van der Waals surface area contributed by atoms with Crippen LogP contribution in [-0.4, -0.2) is 30.4 Å². The summed E-state index contributed by atoms with van der Waals surface area (Å²) in [6, 6.07) is 3.92. The van der Waals surface area contributed by atoms with E-state index in [1.54, 1.807) is 23.2 Å². The maximum atomic E-state index is 11.4. The Labute approximate surface area is 133 Å². The molecule has 0 aliphatic carbocycles. The van der Waals surface area contributed by atoms with Gasteiger partial charge in [-0.3, -0.25) is 9.67 Å². The number of carboxylic acids is 1. The third-order valence-corrected chi connectivity index (χ3v) is 3.93. The van der Waals surface area contributed by atoms with Gasteiger partial charge in [-0.05, 0) is 31.6 Å². The predicted molar refractivity (Wildman–Crippen MR) is 88.5 cm³/mol. The summed E-state index contributed by atoms with van der Waals surface area (Å²) in [7, 11) is 1.86. The van der Waals surface area contributed by atoms with Gasteiger partial charge in [0.1, 0.15) is 5.82 Å². The van der Waals surface area contributed by atoms with Crippen LogP contribution in [0.2, 0.25) is 0 Å². The zero-order valence-electron chi connectivity index (χ0n) is 13.3. The maximum Gasteiger partial charge on any atom is 0.331 e. The molecule has 3 aromatic heterocycles. The van der Waals surface area contributed by atoms with Crippen LogP contribution in [0.1, 0.15) is 24.6 Å². The molecule has 1 N–H and O–H groups in total. The highest BCUT2D eigenvalue weighted by molar-refractivity contribution is 5.93. The Balaban J connectivity index is 2.27. The molecule has 0 aliphatic rings. The summed E-state index contributed by atoms with van der Waals surface area (Å²) in [5, 5.41) is 14.8. The van der Waals surface area contributed by atoms with E-state index < -0.39 is 5.97 Å². The minimum atomic E-state index is -0.900. The molecule has 0 aliphatic heterocycles. The third-order valence-electron chi connectivity index (χ3n) is 3.93. The fourth-order valence-electron chi connectivity index (χ4n) is 2.77. The highest BCUT2D eigenvalue weighted by atomic mass is 16.4. The molecular weight excluding hydrogens is 292 g/mol. The van der Waals surface area contributed by atoms with Crippen molar-refractivity contribution in [2.24, 2.45) is 7.05 Å². The quantitative estimate of drug-likeness (QED) is 0.752. The number of nitrogens with zero attached hydrogens (tertiary/aromatic N) is 4. The predicted octanol–water partition coefficient (Wildman–Crippen LogP) is 2.95. The number of carbonyl (C=O) groups is 1. The van der Waals surface area contributed by atoms with Crippen LogP contribution in [0.4, 0.5) is 0 Å². The van der Waals surface area contributed by atoms with E-state index in [2.05, 4.69) is 10.1 Å². The summed E-state index contributed by atoms with van der Waals surface area (Å²) in [6.07, 6.45) is 7.67. The standard InChI is InChI=1S/C17H18N4O2/c1-4-12(17(22)23)9-14-11(2)19-20(3)16(14)21-8-6-13-10-18-7-5-15(13)21/h5-10H,4H2,1-3H3,(H,22,23)/b12-9+. The molecule has 3 rings (SSSR count). The van der Waals surface area contributed by atoms with Crippen molar-refractivity contribution in [3.63, 3.8) is 0 Å². The Hall–Kier alpha value is -2.89. The van der Waals surface area contributed by atoms with Crippen molar-refractivity contribution in [2.75, 3.05) is 0 Å². The van der Waals surface area contributed by atoms with E-state index in [0.29, 0.717) is 12.0 Å². The van der Waals surface area contributed by atoms with Crippen molar-refractivity contribution in [1.82, 2.24) is 19.3 Å². The van der Waals surface area contributed by atoms with Crippen LogP contribution in [-0.2, 0) is 11.8 Å². The molecule has 0 saturated carbocycles. The Morgan fingerprint density at radius 1 is 1.39 bits per heavy atom. The normalized spacial score (nSPS) is 12.0. The fraction of sp³-hybridized carbons (Fsp3) is 0.235. The van der Waals surface area contributed by atoms with Crippen LogP contribution >= 0.6 is 0 Å². The Kier molecular flexibility index (Phi) is 3.73. The molecule has 6 nitrogen and oxygen atoms in total. The van der Waals surface area contributed by atoms with Crippen molar-refractivity contribution in [3.05, 3.63) is 47.6 Å². The average Bonchev–Trinajstić information content (AvgIpc) is 3.05. The van der Waals surface area contributed by atoms with E-state index in [4.69, 9.17) is 0 Å². The van der Waals surface area contributed by atoms with Gasteiger partial charge < -0.3 is 9.67 Å². The van der Waals surface area contributed by atoms with Gasteiger partial charge >= 0.3 is 5.97 Å². The van der Waals surface area contributed by atoms with Gasteiger partial charge in [-0.15, -0.1) is 0 Å². The molecule has 0 radical (unpaired) electrons. The molecule has 0 spiro atoms. The topological polar surface area (TPSA) is 72.9 Å². The maximum absolute atomic E-state index is 11.4. The number of aliphatic carboxylic acids is 1. The van der Waals surface area contributed by atoms with E-state index in [1.807, 2.05) is 43.8 Å². The van der Waals surface area contributed by atoms with Gasteiger partial charge in [-0.25, -0.2) is 4.79 Å². The Bertz CT molecular complexity index is 918. The molecule has 0 aromatic carbocycles. The SMILES string of the molecule is CC/C(=C\c1c(C)nn(C)c1-n1ccc2cnccc21)C(=O)O. The molecule has 0 amide bonds. The average molecular weight is 310 g/mol. The van der Waals surface area contributed by atoms with Gasteiger partial charge in [-0.1, -0.05) is 6.92 Å². The van der Waals surface area contributed by atoms with Gasteiger partial charge in [0.2, 0.25) is 0 Å². The lowest BCUT2D eigenvalue weighted by Crippen LogP contribution is -2.04. The first-order valence-corrected chi connectivity index (χ1v) is 7.41. The molecule has 0 atom stereocenters. The first-order valence-electron chi connectivity index (χ1n) is 7.41. The van der Waals surface area contributed by atoms with E-state index in [-0.39, 0.29) is 0 Å². The second-order valence-corrected chi connectivity index (χ2v) is 5.39. The zero-order valence-corrected chi connectivity index (χ0v) is 13.3. The van der Waals surface area contributed by atoms with Gasteiger partial charge in [0.25, 0.3) is 0 Å². The van der Waals surface area contributed by atoms with Crippen molar-refractivity contribution in [1.29, 1.82) is 0 Å². The molecule has 0 fully saturated rings. The lowest BCUT2D eigenvalue weighted by atomic mass is 10.1. The summed E-state index contributed by atoms with van der Waals surface area (Å²) >= 11 is 0. The van der Waals surface area contributed by atoms with Crippen molar-refractivity contribution in [3.8, 4) is 5.82 Å². The fourth-order valence-corrected chi connectivity index (χ4v) is 2.77. The number of hydrogen-bond acceptors (Lipinski definition) is 3. The van der Waals surface area contributed by atoms with E-state index in [1.165, 1.54) is 0 Å². The number of rotatable bonds is 4. The van der Waals surface area contributed by atoms with E-state index in [9.17, 15) is 9.90 Å². The summed E-state index contributed by atoms with van der Waals surface area (Å²) in [5.41, 5.74) is 2.98. The molecule has 118 valence electrons. The van der Waals surface area contributed by atoms with Crippen LogP contribution in [0.3, 0.4) is 0 Å². The number of carboxylic acid groups (broad SMARTS) is 1. The molecule has 0 unspecified atom stereocenters. The lowest BCUT2D eigenvalue weighted by Gasteiger charge is -2.08. The molecule has 0 saturated heterocycles. The van der Waals surface area contributed by atoms with Crippen LogP contribution in [0.25, 0.3) is 22.8 Å². The summed E-state index contributed by atoms with van der Waals surface area (Å²) < 4.78 is 3.79. The van der Waals surface area contributed by atoms with Crippen LogP contribution < -0.4 is 0 Å². The highest BCUT2D eigenvalue weighted by Gasteiger charge is 2.17. The first-order chi connectivity index (χ1) is 11.0. The highest BCUT2D eigenvalue weighted by Crippen LogP contribution is 2.26. The van der Waals surface area contributed by atoms with Crippen molar-refractivity contribution >= 4 is 22.9 Å². The number of fused-ring (bicyclic) bond motifs is 1. The molecule has 23 heavy (non-hydrogen) atoms. The largest absolute Gasteiger partial charge is 0.478 e. The molecule has 3 aromatic rings. The second kappa shape index (κ2) is 5.72. The van der Waals surface area contributed by atoms with Crippen molar-refractivity contribution < 1.29 is 9.90 Å². The number of aromatic nitrogens is 4. The van der Waals surface area contributed by atoms with Crippen LogP contribution in [0, 0.1) is 6.92 Å². The second-order valence-electron chi connectivity index (χ2n) is 5.39. The van der Waals surface area contributed by atoms with Crippen LogP contribution in [0.5, 0.6) is 0 Å². The number of pyridine rings is 1. The monoisotopic (exact) mass is 310 g/mol. The Morgan fingerprint density at radius 2 is 2.17 bits per heavy atom. The Morgan fingerprint density at radius 3 is 2.87 bits per heavy atom.